The quantitative estimate of drug-likeness (QED) is 0.902. The Kier molecular flexibility index (Phi) is 5.22. The van der Waals surface area contributed by atoms with E-state index in [1.165, 1.54) is 5.56 Å². The standard InChI is InChI=1S/C20H28N2O2/c1-3-18(15-6-4-14(2)5-7-15)21-19(23)16-10-12-22(13-11-16)20(24)17-8-9-17/h4-7,16-18H,3,8-13H2,1-2H3,(H,21,23). The minimum absolute atomic E-state index is 0.0350. The lowest BCUT2D eigenvalue weighted by molar-refractivity contribution is -0.136. The Morgan fingerprint density at radius 1 is 1.08 bits per heavy atom. The first-order valence-electron chi connectivity index (χ1n) is 9.24. The Labute approximate surface area is 144 Å². The number of rotatable bonds is 5. The maximum Gasteiger partial charge on any atom is 0.225 e. The van der Waals surface area contributed by atoms with Crippen LogP contribution in [0.2, 0.25) is 0 Å². The van der Waals surface area contributed by atoms with Crippen LogP contribution in [0.25, 0.3) is 0 Å². The molecule has 0 aromatic heterocycles. The van der Waals surface area contributed by atoms with E-state index in [9.17, 15) is 9.59 Å². The van der Waals surface area contributed by atoms with Crippen molar-refractivity contribution in [3.05, 3.63) is 35.4 Å². The van der Waals surface area contributed by atoms with Gasteiger partial charge < -0.3 is 10.2 Å². The van der Waals surface area contributed by atoms with Crippen molar-refractivity contribution >= 4 is 11.8 Å². The van der Waals surface area contributed by atoms with E-state index in [4.69, 9.17) is 0 Å². The molecule has 1 unspecified atom stereocenters. The summed E-state index contributed by atoms with van der Waals surface area (Å²) in [5.41, 5.74) is 2.39. The molecule has 1 aliphatic carbocycles. The second kappa shape index (κ2) is 7.37. The zero-order valence-corrected chi connectivity index (χ0v) is 14.8. The number of benzene rings is 1. The second-order valence-corrected chi connectivity index (χ2v) is 7.25. The number of piperidine rings is 1. The van der Waals surface area contributed by atoms with Gasteiger partial charge in [0.15, 0.2) is 0 Å². The summed E-state index contributed by atoms with van der Waals surface area (Å²) in [4.78, 5) is 26.7. The molecule has 1 aliphatic heterocycles. The van der Waals surface area contributed by atoms with E-state index in [-0.39, 0.29) is 23.8 Å². The highest BCUT2D eigenvalue weighted by atomic mass is 16.2. The van der Waals surface area contributed by atoms with Crippen LogP contribution in [0.4, 0.5) is 0 Å². The molecule has 130 valence electrons. The van der Waals surface area contributed by atoms with E-state index >= 15 is 0 Å². The molecule has 4 heteroatoms. The molecule has 1 saturated heterocycles. The van der Waals surface area contributed by atoms with Gasteiger partial charge in [0.1, 0.15) is 0 Å². The molecule has 2 fully saturated rings. The average molecular weight is 328 g/mol. The fraction of sp³-hybridized carbons (Fsp3) is 0.600. The van der Waals surface area contributed by atoms with E-state index in [2.05, 4.69) is 43.4 Å². The molecular formula is C20H28N2O2. The molecule has 2 aliphatic rings. The number of amides is 2. The van der Waals surface area contributed by atoms with Gasteiger partial charge in [-0.1, -0.05) is 36.8 Å². The number of carbonyl (C=O) groups excluding carboxylic acids is 2. The van der Waals surface area contributed by atoms with Crippen LogP contribution in [0.1, 0.15) is 56.2 Å². The molecule has 0 bridgehead atoms. The van der Waals surface area contributed by atoms with Gasteiger partial charge in [-0.2, -0.15) is 0 Å². The van der Waals surface area contributed by atoms with Crippen LogP contribution in [0.5, 0.6) is 0 Å². The molecule has 1 aromatic rings. The maximum atomic E-state index is 12.6. The number of nitrogens with zero attached hydrogens (tertiary/aromatic N) is 1. The highest BCUT2D eigenvalue weighted by Gasteiger charge is 2.36. The third-order valence-electron chi connectivity index (χ3n) is 5.31. The SMILES string of the molecule is CCC(NC(=O)C1CCN(C(=O)C2CC2)CC1)c1ccc(C)cc1. The van der Waals surface area contributed by atoms with Crippen LogP contribution in [-0.4, -0.2) is 29.8 Å². The Morgan fingerprint density at radius 3 is 2.25 bits per heavy atom. The van der Waals surface area contributed by atoms with Gasteiger partial charge >= 0.3 is 0 Å². The molecule has 1 N–H and O–H groups in total. The van der Waals surface area contributed by atoms with E-state index in [1.807, 2.05) is 4.90 Å². The predicted molar refractivity (Wildman–Crippen MR) is 94.4 cm³/mol. The van der Waals surface area contributed by atoms with Crippen molar-refractivity contribution in [1.82, 2.24) is 10.2 Å². The number of aryl methyl sites for hydroxylation is 1. The summed E-state index contributed by atoms with van der Waals surface area (Å²) < 4.78 is 0. The maximum absolute atomic E-state index is 12.6. The van der Waals surface area contributed by atoms with Crippen molar-refractivity contribution in [1.29, 1.82) is 0 Å². The average Bonchev–Trinajstić information content (AvgIpc) is 3.45. The fourth-order valence-electron chi connectivity index (χ4n) is 3.46. The van der Waals surface area contributed by atoms with Crippen LogP contribution in [0.15, 0.2) is 24.3 Å². The molecule has 1 saturated carbocycles. The summed E-state index contributed by atoms with van der Waals surface area (Å²) >= 11 is 0. The van der Waals surface area contributed by atoms with Gasteiger partial charge in [0.25, 0.3) is 0 Å². The minimum atomic E-state index is 0.0350. The summed E-state index contributed by atoms with van der Waals surface area (Å²) in [6.45, 7) is 5.63. The molecule has 1 aromatic carbocycles. The topological polar surface area (TPSA) is 49.4 Å². The smallest absolute Gasteiger partial charge is 0.225 e. The first kappa shape index (κ1) is 17.0. The lowest BCUT2D eigenvalue weighted by Crippen LogP contribution is -2.44. The Bertz CT molecular complexity index is 584. The van der Waals surface area contributed by atoms with Gasteiger partial charge in [0.05, 0.1) is 6.04 Å². The summed E-state index contributed by atoms with van der Waals surface area (Å²) in [7, 11) is 0. The molecule has 0 spiro atoms. The van der Waals surface area contributed by atoms with Crippen LogP contribution in [-0.2, 0) is 9.59 Å². The van der Waals surface area contributed by atoms with Crippen LogP contribution < -0.4 is 5.32 Å². The molecule has 3 rings (SSSR count). The second-order valence-electron chi connectivity index (χ2n) is 7.25. The van der Waals surface area contributed by atoms with E-state index in [0.717, 1.165) is 50.8 Å². The summed E-state index contributed by atoms with van der Waals surface area (Å²) in [5, 5.41) is 3.21. The lowest BCUT2D eigenvalue weighted by Gasteiger charge is -2.32. The first-order chi connectivity index (χ1) is 11.6. The molecule has 2 amide bonds. The van der Waals surface area contributed by atoms with Crippen LogP contribution in [0, 0.1) is 18.8 Å². The van der Waals surface area contributed by atoms with Gasteiger partial charge in [-0.25, -0.2) is 0 Å². The summed E-state index contributed by atoms with van der Waals surface area (Å²) in [5.74, 6) is 0.759. The van der Waals surface area contributed by atoms with Gasteiger partial charge in [-0.3, -0.25) is 9.59 Å². The van der Waals surface area contributed by atoms with Crippen molar-refractivity contribution in [2.45, 2.75) is 52.0 Å². The minimum Gasteiger partial charge on any atom is -0.349 e. The zero-order valence-electron chi connectivity index (χ0n) is 14.8. The summed E-state index contributed by atoms with van der Waals surface area (Å²) in [6, 6.07) is 8.45. The highest BCUT2D eigenvalue weighted by molar-refractivity contribution is 5.82. The molecule has 1 heterocycles. The number of likely N-dealkylation sites (tertiary alicyclic amines) is 1. The first-order valence-corrected chi connectivity index (χ1v) is 9.24. The number of hydrogen-bond donors (Lipinski definition) is 1. The Hall–Kier alpha value is -1.84. The van der Waals surface area contributed by atoms with Gasteiger partial charge in [-0.15, -0.1) is 0 Å². The number of carbonyl (C=O) groups is 2. The number of hydrogen-bond acceptors (Lipinski definition) is 2. The van der Waals surface area contributed by atoms with E-state index in [1.54, 1.807) is 0 Å². The molecule has 0 radical (unpaired) electrons. The Morgan fingerprint density at radius 2 is 1.71 bits per heavy atom. The fourth-order valence-corrected chi connectivity index (χ4v) is 3.46. The molecule has 1 atom stereocenters. The molecule has 4 nitrogen and oxygen atoms in total. The number of nitrogens with one attached hydrogen (secondary N) is 1. The summed E-state index contributed by atoms with van der Waals surface area (Å²) in [6.07, 6.45) is 4.55. The Balaban J connectivity index is 1.52. The van der Waals surface area contributed by atoms with Crippen molar-refractivity contribution < 1.29 is 9.59 Å². The zero-order chi connectivity index (χ0) is 17.1. The van der Waals surface area contributed by atoms with Crippen molar-refractivity contribution in [3.63, 3.8) is 0 Å². The highest BCUT2D eigenvalue weighted by Crippen LogP contribution is 2.32. The molecular weight excluding hydrogens is 300 g/mol. The monoisotopic (exact) mass is 328 g/mol. The van der Waals surface area contributed by atoms with E-state index < -0.39 is 0 Å². The molecule has 24 heavy (non-hydrogen) atoms. The van der Waals surface area contributed by atoms with Crippen molar-refractivity contribution in [2.24, 2.45) is 11.8 Å². The largest absolute Gasteiger partial charge is 0.349 e. The third-order valence-corrected chi connectivity index (χ3v) is 5.31. The van der Waals surface area contributed by atoms with Gasteiger partial charge in [0.2, 0.25) is 11.8 Å². The predicted octanol–water partition coefficient (Wildman–Crippen LogP) is 3.21. The lowest BCUT2D eigenvalue weighted by atomic mass is 9.94. The van der Waals surface area contributed by atoms with E-state index in [0.29, 0.717) is 5.91 Å². The van der Waals surface area contributed by atoms with Crippen LogP contribution in [0.3, 0.4) is 0 Å². The van der Waals surface area contributed by atoms with Gasteiger partial charge in [-0.05, 0) is 44.6 Å². The third kappa shape index (κ3) is 3.97. The van der Waals surface area contributed by atoms with Crippen molar-refractivity contribution in [3.8, 4) is 0 Å². The van der Waals surface area contributed by atoms with Gasteiger partial charge in [0, 0.05) is 24.9 Å². The van der Waals surface area contributed by atoms with Crippen LogP contribution >= 0.6 is 0 Å². The van der Waals surface area contributed by atoms with Crippen molar-refractivity contribution in [2.75, 3.05) is 13.1 Å². The normalized spacial score (nSPS) is 19.8.